The van der Waals surface area contributed by atoms with Crippen LogP contribution in [0.2, 0.25) is 0 Å². The Morgan fingerprint density at radius 2 is 1.86 bits per heavy atom. The Morgan fingerprint density at radius 3 is 2.43 bits per heavy atom. The van der Waals surface area contributed by atoms with Gasteiger partial charge in [0, 0.05) is 15.5 Å². The van der Waals surface area contributed by atoms with Gasteiger partial charge >= 0.3 is 0 Å². The van der Waals surface area contributed by atoms with Gasteiger partial charge in [-0.05, 0) is 38.0 Å². The molecule has 0 radical (unpaired) electrons. The van der Waals surface area contributed by atoms with Crippen molar-refractivity contribution in [2.75, 3.05) is 6.61 Å². The van der Waals surface area contributed by atoms with Gasteiger partial charge in [0.2, 0.25) is 0 Å². The Morgan fingerprint density at radius 1 is 1.19 bits per heavy atom. The lowest BCUT2D eigenvalue weighted by atomic mass is 9.93. The molecule has 21 heavy (non-hydrogen) atoms. The molecule has 2 aromatic rings. The number of ether oxygens (including phenoxy) is 1. The van der Waals surface area contributed by atoms with Crippen LogP contribution in [0.15, 0.2) is 55.1 Å². The quantitative estimate of drug-likeness (QED) is 0.487. The molecule has 0 spiro atoms. The normalized spacial score (nSPS) is 11.2. The van der Waals surface area contributed by atoms with Crippen molar-refractivity contribution < 1.29 is 4.74 Å². The van der Waals surface area contributed by atoms with Crippen molar-refractivity contribution >= 4 is 15.9 Å². The van der Waals surface area contributed by atoms with E-state index in [2.05, 4.69) is 67.5 Å². The van der Waals surface area contributed by atoms with Crippen molar-refractivity contribution in [1.82, 2.24) is 0 Å². The highest BCUT2D eigenvalue weighted by Crippen LogP contribution is 2.43. The zero-order valence-electron chi connectivity index (χ0n) is 12.8. The third-order valence-electron chi connectivity index (χ3n) is 3.30. The van der Waals surface area contributed by atoms with E-state index < -0.39 is 0 Å². The summed E-state index contributed by atoms with van der Waals surface area (Å²) in [6.45, 7) is 10.6. The molecule has 0 amide bonds. The minimum absolute atomic E-state index is 0.154. The van der Waals surface area contributed by atoms with Crippen LogP contribution in [0.1, 0.15) is 25.0 Å². The van der Waals surface area contributed by atoms with Gasteiger partial charge in [-0.3, -0.25) is 0 Å². The fraction of sp³-hybridized carbons (Fsp3) is 0.263. The minimum atomic E-state index is -0.154. The number of alkyl halides is 1. The zero-order valence-corrected chi connectivity index (χ0v) is 14.4. The molecule has 0 aliphatic rings. The van der Waals surface area contributed by atoms with Crippen molar-refractivity contribution in [1.29, 1.82) is 0 Å². The SMILES string of the molecule is C=CCOc1c(-c2ccccc2)cc(C)cc1C(C)(C)Br. The minimum Gasteiger partial charge on any atom is -0.489 e. The number of hydrogen-bond donors (Lipinski definition) is 0. The van der Waals surface area contributed by atoms with Gasteiger partial charge in [-0.15, -0.1) is 0 Å². The fourth-order valence-electron chi connectivity index (χ4n) is 2.34. The summed E-state index contributed by atoms with van der Waals surface area (Å²) in [5.41, 5.74) is 4.67. The number of hydrogen-bond acceptors (Lipinski definition) is 1. The van der Waals surface area contributed by atoms with Crippen LogP contribution in [0.4, 0.5) is 0 Å². The summed E-state index contributed by atoms with van der Waals surface area (Å²) in [6, 6.07) is 14.7. The van der Waals surface area contributed by atoms with Crippen LogP contribution in [0.3, 0.4) is 0 Å². The van der Waals surface area contributed by atoms with Gasteiger partial charge in [0.15, 0.2) is 0 Å². The molecule has 1 nitrogen and oxygen atoms in total. The van der Waals surface area contributed by atoms with Crippen LogP contribution < -0.4 is 4.74 Å². The Bertz CT molecular complexity index is 624. The van der Waals surface area contributed by atoms with Gasteiger partial charge < -0.3 is 4.74 Å². The number of benzene rings is 2. The van der Waals surface area contributed by atoms with E-state index in [0.717, 1.165) is 16.9 Å². The van der Waals surface area contributed by atoms with E-state index in [1.807, 2.05) is 18.2 Å². The van der Waals surface area contributed by atoms with Crippen LogP contribution in [0.5, 0.6) is 5.75 Å². The van der Waals surface area contributed by atoms with Crippen molar-refractivity contribution in [2.45, 2.75) is 25.1 Å². The van der Waals surface area contributed by atoms with Gasteiger partial charge in [-0.25, -0.2) is 0 Å². The van der Waals surface area contributed by atoms with Gasteiger partial charge in [-0.1, -0.05) is 65.0 Å². The first-order chi connectivity index (χ1) is 9.93. The average Bonchev–Trinajstić information content (AvgIpc) is 2.45. The van der Waals surface area contributed by atoms with Crippen molar-refractivity contribution in [3.8, 4) is 16.9 Å². The fourth-order valence-corrected chi connectivity index (χ4v) is 2.64. The Kier molecular flexibility index (Phi) is 4.89. The number of aryl methyl sites for hydroxylation is 1. The first kappa shape index (κ1) is 15.8. The molecular formula is C19H21BrO. The molecule has 0 heterocycles. The third kappa shape index (κ3) is 3.76. The van der Waals surface area contributed by atoms with Crippen molar-refractivity contribution in [2.24, 2.45) is 0 Å². The molecule has 0 aliphatic heterocycles. The third-order valence-corrected chi connectivity index (χ3v) is 3.73. The second-order valence-corrected chi connectivity index (χ2v) is 7.61. The summed E-state index contributed by atoms with van der Waals surface area (Å²) in [6.07, 6.45) is 1.78. The molecule has 2 rings (SSSR count). The number of halogens is 1. The lowest BCUT2D eigenvalue weighted by molar-refractivity contribution is 0.358. The van der Waals surface area contributed by atoms with E-state index in [9.17, 15) is 0 Å². The molecule has 2 aromatic carbocycles. The number of rotatable bonds is 5. The first-order valence-corrected chi connectivity index (χ1v) is 7.86. The predicted molar refractivity (Wildman–Crippen MR) is 94.3 cm³/mol. The Hall–Kier alpha value is -1.54. The average molecular weight is 345 g/mol. The second-order valence-electron chi connectivity index (χ2n) is 5.63. The van der Waals surface area contributed by atoms with E-state index in [4.69, 9.17) is 4.74 Å². The summed E-state index contributed by atoms with van der Waals surface area (Å²) in [4.78, 5) is 0. The van der Waals surface area contributed by atoms with Gasteiger partial charge in [0.05, 0.1) is 0 Å². The highest BCUT2D eigenvalue weighted by Gasteiger charge is 2.24. The largest absolute Gasteiger partial charge is 0.489 e. The molecule has 2 heteroatoms. The smallest absolute Gasteiger partial charge is 0.132 e. The first-order valence-electron chi connectivity index (χ1n) is 7.06. The standard InChI is InChI=1S/C19H21BrO/c1-5-11-21-18-16(15-9-7-6-8-10-15)12-14(2)13-17(18)19(3,4)20/h5-10,12-13H,1,11H2,2-4H3. The molecule has 0 N–H and O–H groups in total. The molecule has 0 bridgehead atoms. The van der Waals surface area contributed by atoms with Crippen LogP contribution in [0.25, 0.3) is 11.1 Å². The monoisotopic (exact) mass is 344 g/mol. The summed E-state index contributed by atoms with van der Waals surface area (Å²) in [5, 5.41) is 0. The summed E-state index contributed by atoms with van der Waals surface area (Å²) >= 11 is 3.76. The van der Waals surface area contributed by atoms with E-state index >= 15 is 0 Å². The molecule has 0 saturated heterocycles. The van der Waals surface area contributed by atoms with E-state index in [0.29, 0.717) is 6.61 Å². The molecule has 0 atom stereocenters. The molecule has 0 saturated carbocycles. The maximum absolute atomic E-state index is 6.01. The molecule has 0 fully saturated rings. The van der Waals surface area contributed by atoms with Crippen LogP contribution in [-0.2, 0) is 4.32 Å². The summed E-state index contributed by atoms with van der Waals surface area (Å²) in [7, 11) is 0. The Labute approximate surface area is 135 Å². The second kappa shape index (κ2) is 6.48. The van der Waals surface area contributed by atoms with Gasteiger partial charge in [-0.2, -0.15) is 0 Å². The maximum Gasteiger partial charge on any atom is 0.132 e. The van der Waals surface area contributed by atoms with E-state index in [-0.39, 0.29) is 4.32 Å². The van der Waals surface area contributed by atoms with Crippen LogP contribution in [0, 0.1) is 6.92 Å². The van der Waals surface area contributed by atoms with Crippen molar-refractivity contribution in [3.05, 3.63) is 66.2 Å². The maximum atomic E-state index is 6.01. The topological polar surface area (TPSA) is 9.23 Å². The van der Waals surface area contributed by atoms with Gasteiger partial charge in [0.25, 0.3) is 0 Å². The highest BCUT2D eigenvalue weighted by molar-refractivity contribution is 9.09. The van der Waals surface area contributed by atoms with Crippen molar-refractivity contribution in [3.63, 3.8) is 0 Å². The highest BCUT2D eigenvalue weighted by atomic mass is 79.9. The summed E-state index contributed by atoms with van der Waals surface area (Å²) in [5.74, 6) is 0.925. The lowest BCUT2D eigenvalue weighted by Crippen LogP contribution is -2.11. The Balaban J connectivity index is 2.67. The molecular weight excluding hydrogens is 324 g/mol. The van der Waals surface area contributed by atoms with Crippen LogP contribution in [-0.4, -0.2) is 6.61 Å². The molecule has 0 aromatic heterocycles. The summed E-state index contributed by atoms with van der Waals surface area (Å²) < 4.78 is 5.85. The zero-order chi connectivity index (χ0) is 15.5. The molecule has 0 unspecified atom stereocenters. The van der Waals surface area contributed by atoms with Gasteiger partial charge in [0.1, 0.15) is 12.4 Å². The van der Waals surface area contributed by atoms with E-state index in [1.165, 1.54) is 11.1 Å². The lowest BCUT2D eigenvalue weighted by Gasteiger charge is -2.24. The molecule has 110 valence electrons. The van der Waals surface area contributed by atoms with E-state index in [1.54, 1.807) is 6.08 Å². The predicted octanol–water partition coefficient (Wildman–Crippen LogP) is 5.86. The van der Waals surface area contributed by atoms with Crippen LogP contribution >= 0.6 is 15.9 Å². The molecule has 0 aliphatic carbocycles.